The van der Waals surface area contributed by atoms with Gasteiger partial charge in [-0.3, -0.25) is 9.59 Å². The lowest BCUT2D eigenvalue weighted by Gasteiger charge is -2.21. The third-order valence-electron chi connectivity index (χ3n) is 5.94. The molecule has 0 aliphatic rings. The Morgan fingerprint density at radius 1 is 0.974 bits per heavy atom. The van der Waals surface area contributed by atoms with Gasteiger partial charge in [-0.05, 0) is 55.0 Å². The van der Waals surface area contributed by atoms with E-state index in [9.17, 15) is 14.7 Å². The molecule has 0 atom stereocenters. The lowest BCUT2D eigenvalue weighted by molar-refractivity contribution is 0.101. The molecule has 1 heterocycles. The zero-order chi connectivity index (χ0) is 27.6. The molecule has 0 aliphatic carbocycles. The summed E-state index contributed by atoms with van der Waals surface area (Å²) in [5, 5.41) is 19.5. The Morgan fingerprint density at radius 2 is 1.69 bits per heavy atom. The van der Waals surface area contributed by atoms with Crippen LogP contribution in [0.25, 0.3) is 11.0 Å². The maximum atomic E-state index is 13.5. The molecule has 4 aromatic rings. The van der Waals surface area contributed by atoms with Gasteiger partial charge in [0.15, 0.2) is 0 Å². The second-order valence-electron chi connectivity index (χ2n) is 9.63. The molecule has 0 saturated heterocycles. The second-order valence-corrected chi connectivity index (χ2v) is 10.9. The minimum Gasteiger partial charge on any atom is -0.396 e. The highest BCUT2D eigenvalue weighted by atomic mass is 35.5. The van der Waals surface area contributed by atoms with Crippen LogP contribution in [0.5, 0.6) is 0 Å². The van der Waals surface area contributed by atoms with E-state index >= 15 is 0 Å². The molecule has 3 aromatic carbocycles. The van der Waals surface area contributed by atoms with Crippen LogP contribution < -0.4 is 16.0 Å². The summed E-state index contributed by atoms with van der Waals surface area (Å²) in [4.78, 5) is 34.2. The summed E-state index contributed by atoms with van der Waals surface area (Å²) < 4.78 is 0. The maximum Gasteiger partial charge on any atom is 0.258 e. The van der Waals surface area contributed by atoms with E-state index in [0.29, 0.717) is 44.9 Å². The van der Waals surface area contributed by atoms with Crippen molar-refractivity contribution in [1.82, 2.24) is 9.97 Å². The summed E-state index contributed by atoms with van der Waals surface area (Å²) in [6, 6.07) is 13.0. The smallest absolute Gasteiger partial charge is 0.258 e. The van der Waals surface area contributed by atoms with Crippen molar-refractivity contribution in [3.05, 3.63) is 80.3 Å². The number of hydrogen-bond acceptors (Lipinski definition) is 5. The minimum absolute atomic E-state index is 0. The zero-order valence-electron chi connectivity index (χ0n) is 21.3. The SMILES string of the molecule is Cc1c(Cl)cccc1NC(=O)c1cc(NC(=O)c2cc(Cl)ccc2Cl)cc2[nH]c(NCC(C)(C)CO)nc12.Cl. The molecule has 0 bridgehead atoms. The monoisotopic (exact) mass is 609 g/mol. The largest absolute Gasteiger partial charge is 0.396 e. The quantitative estimate of drug-likeness (QED) is 0.145. The van der Waals surface area contributed by atoms with Crippen LogP contribution in [0.15, 0.2) is 48.5 Å². The summed E-state index contributed by atoms with van der Waals surface area (Å²) >= 11 is 18.5. The summed E-state index contributed by atoms with van der Waals surface area (Å²) in [6.45, 7) is 6.03. The van der Waals surface area contributed by atoms with Gasteiger partial charge in [0, 0.05) is 40.0 Å². The van der Waals surface area contributed by atoms with Crippen LogP contribution in [0, 0.1) is 12.3 Å². The van der Waals surface area contributed by atoms with Gasteiger partial charge in [0.25, 0.3) is 11.8 Å². The van der Waals surface area contributed by atoms with E-state index in [4.69, 9.17) is 34.8 Å². The molecule has 0 unspecified atom stereocenters. The average molecular weight is 611 g/mol. The van der Waals surface area contributed by atoms with E-state index < -0.39 is 17.2 Å². The first kappa shape index (κ1) is 30.5. The van der Waals surface area contributed by atoms with Crippen LogP contribution >= 0.6 is 47.2 Å². The van der Waals surface area contributed by atoms with Crippen LogP contribution in [-0.2, 0) is 0 Å². The van der Waals surface area contributed by atoms with E-state index in [1.54, 1.807) is 37.3 Å². The third-order valence-corrected chi connectivity index (χ3v) is 6.91. The van der Waals surface area contributed by atoms with Crippen LogP contribution in [0.1, 0.15) is 40.1 Å². The standard InChI is InChI=1S/C27H26Cl3N5O3.ClH/c1-14-19(29)5-4-6-21(14)33-25(38)18-10-16(32-24(37)17-9-15(28)7-8-20(17)30)11-22-23(18)35-26(34-22)31-12-27(2,3)13-36;/h4-11,36H,12-13H2,1-3H3,(H,32,37)(H,33,38)(H2,31,34,35);1H. The molecule has 4 rings (SSSR count). The number of carbonyl (C=O) groups is 2. The average Bonchev–Trinajstić information content (AvgIpc) is 3.29. The Balaban J connectivity index is 0.00000420. The van der Waals surface area contributed by atoms with Crippen molar-refractivity contribution in [2.75, 3.05) is 29.1 Å². The molecule has 39 heavy (non-hydrogen) atoms. The Bertz CT molecular complexity index is 1540. The number of benzene rings is 3. The fourth-order valence-electron chi connectivity index (χ4n) is 3.63. The highest BCUT2D eigenvalue weighted by Crippen LogP contribution is 2.29. The number of aliphatic hydroxyl groups excluding tert-OH is 1. The number of halogens is 4. The van der Waals surface area contributed by atoms with Crippen LogP contribution in [0.2, 0.25) is 15.1 Å². The van der Waals surface area contributed by atoms with Gasteiger partial charge in [-0.25, -0.2) is 4.98 Å². The fourth-order valence-corrected chi connectivity index (χ4v) is 4.18. The molecule has 206 valence electrons. The van der Waals surface area contributed by atoms with E-state index in [0.717, 1.165) is 5.56 Å². The molecule has 0 aliphatic heterocycles. The second kappa shape index (κ2) is 12.4. The van der Waals surface area contributed by atoms with E-state index in [1.165, 1.54) is 18.2 Å². The van der Waals surface area contributed by atoms with E-state index in [1.807, 2.05) is 13.8 Å². The van der Waals surface area contributed by atoms with Crippen molar-refractivity contribution in [2.45, 2.75) is 20.8 Å². The van der Waals surface area contributed by atoms with Gasteiger partial charge in [0.1, 0.15) is 5.52 Å². The van der Waals surface area contributed by atoms with Crippen molar-refractivity contribution in [2.24, 2.45) is 5.41 Å². The number of H-pyrrole nitrogens is 1. The molecule has 0 radical (unpaired) electrons. The van der Waals surface area contributed by atoms with E-state index in [-0.39, 0.29) is 35.2 Å². The maximum absolute atomic E-state index is 13.5. The number of hydrogen-bond donors (Lipinski definition) is 5. The van der Waals surface area contributed by atoms with Gasteiger partial charge in [-0.15, -0.1) is 12.4 Å². The number of anilines is 3. The Labute approximate surface area is 246 Å². The van der Waals surface area contributed by atoms with Gasteiger partial charge < -0.3 is 26.0 Å². The first-order valence-corrected chi connectivity index (χ1v) is 12.8. The number of fused-ring (bicyclic) bond motifs is 1. The molecule has 5 N–H and O–H groups in total. The van der Waals surface area contributed by atoms with Gasteiger partial charge in [-0.2, -0.15) is 0 Å². The Kier molecular flexibility index (Phi) is 9.74. The number of carbonyl (C=O) groups excluding carboxylic acids is 2. The zero-order valence-corrected chi connectivity index (χ0v) is 24.4. The lowest BCUT2D eigenvalue weighted by atomic mass is 9.95. The van der Waals surface area contributed by atoms with Crippen molar-refractivity contribution in [3.8, 4) is 0 Å². The Morgan fingerprint density at radius 3 is 2.41 bits per heavy atom. The molecule has 0 fully saturated rings. The fraction of sp³-hybridized carbons (Fsp3) is 0.222. The number of aliphatic hydroxyl groups is 1. The van der Waals surface area contributed by atoms with Crippen molar-refractivity contribution < 1.29 is 14.7 Å². The van der Waals surface area contributed by atoms with Crippen molar-refractivity contribution in [1.29, 1.82) is 0 Å². The third kappa shape index (κ3) is 7.15. The van der Waals surface area contributed by atoms with Crippen LogP contribution in [-0.4, -0.2) is 40.0 Å². The highest BCUT2D eigenvalue weighted by molar-refractivity contribution is 6.36. The topological polar surface area (TPSA) is 119 Å². The molecule has 0 saturated carbocycles. The Hall–Kier alpha value is -3.01. The number of imidazole rings is 1. The molecular weight excluding hydrogens is 584 g/mol. The molecule has 1 aromatic heterocycles. The minimum atomic E-state index is -0.489. The van der Waals surface area contributed by atoms with Gasteiger partial charge in [0.2, 0.25) is 5.95 Å². The number of amides is 2. The van der Waals surface area contributed by atoms with Crippen LogP contribution in [0.4, 0.5) is 17.3 Å². The normalized spacial score (nSPS) is 11.2. The molecule has 0 spiro atoms. The summed E-state index contributed by atoms with van der Waals surface area (Å²) in [5.41, 5.74) is 2.54. The summed E-state index contributed by atoms with van der Waals surface area (Å²) in [7, 11) is 0. The highest BCUT2D eigenvalue weighted by Gasteiger charge is 2.21. The number of nitrogens with zero attached hydrogens (tertiary/aromatic N) is 1. The van der Waals surface area contributed by atoms with E-state index in [2.05, 4.69) is 25.9 Å². The van der Waals surface area contributed by atoms with Crippen molar-refractivity contribution >= 4 is 87.4 Å². The van der Waals surface area contributed by atoms with Gasteiger partial charge >= 0.3 is 0 Å². The predicted octanol–water partition coefficient (Wildman–Crippen LogP) is 7.19. The molecule has 12 heteroatoms. The van der Waals surface area contributed by atoms with Gasteiger partial charge in [0.05, 0.1) is 21.7 Å². The van der Waals surface area contributed by atoms with Crippen molar-refractivity contribution in [3.63, 3.8) is 0 Å². The summed E-state index contributed by atoms with van der Waals surface area (Å²) in [5.74, 6) is -0.515. The number of rotatable bonds is 8. The molecular formula is C27H27Cl4N5O3. The number of nitrogens with one attached hydrogen (secondary N) is 4. The predicted molar refractivity (Wildman–Crippen MR) is 161 cm³/mol. The molecule has 8 nitrogen and oxygen atoms in total. The lowest BCUT2D eigenvalue weighted by Crippen LogP contribution is -2.27. The first-order chi connectivity index (χ1) is 18.0. The number of aromatic amines is 1. The van der Waals surface area contributed by atoms with Crippen LogP contribution in [0.3, 0.4) is 0 Å². The van der Waals surface area contributed by atoms with Gasteiger partial charge in [-0.1, -0.05) is 54.7 Å². The molecule has 2 amide bonds. The number of aromatic nitrogens is 2. The summed E-state index contributed by atoms with van der Waals surface area (Å²) in [6.07, 6.45) is 0. The first-order valence-electron chi connectivity index (χ1n) is 11.7.